The third-order valence-electron chi connectivity index (χ3n) is 5.63. The summed E-state index contributed by atoms with van der Waals surface area (Å²) in [5.41, 5.74) is -0.967. The van der Waals surface area contributed by atoms with E-state index in [0.717, 1.165) is 6.20 Å². The summed E-state index contributed by atoms with van der Waals surface area (Å²) in [6.45, 7) is 2.50. The van der Waals surface area contributed by atoms with Gasteiger partial charge in [0.1, 0.15) is 10.5 Å². The van der Waals surface area contributed by atoms with E-state index in [9.17, 15) is 31.2 Å². The molecule has 2 aromatic rings. The Labute approximate surface area is 210 Å². The van der Waals surface area contributed by atoms with Crippen LogP contribution in [0, 0.1) is 5.92 Å². The van der Waals surface area contributed by atoms with E-state index in [2.05, 4.69) is 30.6 Å². The molecule has 2 aromatic heterocycles. The number of anilines is 2. The fourth-order valence-corrected chi connectivity index (χ4v) is 4.33. The highest BCUT2D eigenvalue weighted by atomic mass is 32.2. The van der Waals surface area contributed by atoms with Gasteiger partial charge < -0.3 is 10.2 Å². The van der Waals surface area contributed by atoms with Crippen molar-refractivity contribution in [3.05, 3.63) is 34.5 Å². The normalized spacial score (nSPS) is 15.9. The molecule has 0 unspecified atom stereocenters. The SMILES string of the molecule is CNS(=O)(=O)c1cnc(N2CCC(CC(=O)NOC[C@H](C)Nc3cn[nH]c(=O)c3C(F)(F)F)CC2)nc1. The van der Waals surface area contributed by atoms with Crippen molar-refractivity contribution < 1.29 is 31.2 Å². The smallest absolute Gasteiger partial charge is 0.378 e. The third kappa shape index (κ3) is 7.59. The summed E-state index contributed by atoms with van der Waals surface area (Å²) in [7, 11) is -2.33. The Hall–Kier alpha value is -3.31. The number of aromatic nitrogens is 4. The third-order valence-corrected chi connectivity index (χ3v) is 6.99. The Morgan fingerprint density at radius 2 is 1.89 bits per heavy atom. The average Bonchev–Trinajstić information content (AvgIpc) is 2.84. The van der Waals surface area contributed by atoms with Gasteiger partial charge in [0.15, 0.2) is 0 Å². The van der Waals surface area contributed by atoms with E-state index in [0.29, 0.717) is 31.9 Å². The van der Waals surface area contributed by atoms with E-state index in [-0.39, 0.29) is 29.7 Å². The van der Waals surface area contributed by atoms with Crippen LogP contribution in [0.4, 0.5) is 24.8 Å². The van der Waals surface area contributed by atoms with Crippen LogP contribution in [0.2, 0.25) is 0 Å². The summed E-state index contributed by atoms with van der Waals surface area (Å²) in [6.07, 6.45) is -0.0239. The number of halogens is 3. The number of aromatic amines is 1. The predicted octanol–water partition coefficient (Wildman–Crippen LogP) is 0.642. The van der Waals surface area contributed by atoms with Gasteiger partial charge in [-0.1, -0.05) is 0 Å². The Kier molecular flexibility index (Phi) is 9.03. The van der Waals surface area contributed by atoms with Crippen LogP contribution in [0.15, 0.2) is 28.3 Å². The number of carbonyl (C=O) groups is 1. The maximum Gasteiger partial charge on any atom is 0.423 e. The molecule has 37 heavy (non-hydrogen) atoms. The molecule has 1 atom stereocenters. The summed E-state index contributed by atoms with van der Waals surface area (Å²) in [5, 5.41) is 7.64. The van der Waals surface area contributed by atoms with Crippen molar-refractivity contribution in [2.45, 2.75) is 43.3 Å². The zero-order valence-corrected chi connectivity index (χ0v) is 20.8. The van der Waals surface area contributed by atoms with Crippen molar-refractivity contribution in [2.24, 2.45) is 5.92 Å². The van der Waals surface area contributed by atoms with E-state index in [1.54, 1.807) is 5.10 Å². The second-order valence-electron chi connectivity index (χ2n) is 8.43. The maximum atomic E-state index is 13.1. The standard InChI is InChI=1S/C20H27F3N8O5S/c1-12(28-15-10-27-29-18(33)17(15)20(21,22)23)11-36-30-16(32)7-13-3-5-31(6-4-13)19-25-8-14(9-26-19)37(34,35)24-2/h8-10,12-13,24H,3-7,11H2,1-2H3,(H,30,32)(H2,28,29,33)/t12-/m0/s1. The van der Waals surface area contributed by atoms with Crippen molar-refractivity contribution in [3.63, 3.8) is 0 Å². The number of carbonyl (C=O) groups excluding carboxylic acids is 1. The fourth-order valence-electron chi connectivity index (χ4n) is 3.71. The molecule has 0 radical (unpaired) electrons. The molecule has 204 valence electrons. The summed E-state index contributed by atoms with van der Waals surface area (Å²) in [4.78, 5) is 39.0. The molecule has 3 heterocycles. The van der Waals surface area contributed by atoms with Gasteiger partial charge in [-0.3, -0.25) is 14.4 Å². The van der Waals surface area contributed by atoms with E-state index in [1.165, 1.54) is 26.4 Å². The Morgan fingerprint density at radius 1 is 1.24 bits per heavy atom. The van der Waals surface area contributed by atoms with E-state index in [4.69, 9.17) is 4.84 Å². The lowest BCUT2D eigenvalue weighted by molar-refractivity contribution is -0.138. The first-order valence-electron chi connectivity index (χ1n) is 11.2. The highest BCUT2D eigenvalue weighted by molar-refractivity contribution is 7.89. The molecule has 3 rings (SSSR count). The molecular weight excluding hydrogens is 521 g/mol. The molecule has 1 saturated heterocycles. The van der Waals surface area contributed by atoms with Crippen LogP contribution in [-0.2, 0) is 25.8 Å². The van der Waals surface area contributed by atoms with E-state index in [1.807, 2.05) is 4.90 Å². The highest BCUT2D eigenvalue weighted by Gasteiger charge is 2.37. The molecule has 4 N–H and O–H groups in total. The number of H-pyrrole nitrogens is 1. The minimum absolute atomic E-state index is 0.0373. The summed E-state index contributed by atoms with van der Waals surface area (Å²) in [6, 6.07) is -0.678. The lowest BCUT2D eigenvalue weighted by Gasteiger charge is -2.31. The van der Waals surface area contributed by atoms with Crippen molar-refractivity contribution in [2.75, 3.05) is 37.0 Å². The topological polar surface area (TPSA) is 171 Å². The summed E-state index contributed by atoms with van der Waals surface area (Å²) < 4.78 is 65.1. The van der Waals surface area contributed by atoms with Crippen LogP contribution in [-0.4, -0.2) is 67.3 Å². The number of hydrogen-bond donors (Lipinski definition) is 4. The summed E-state index contributed by atoms with van der Waals surface area (Å²) >= 11 is 0. The number of hydrogen-bond acceptors (Lipinski definition) is 10. The first kappa shape index (κ1) is 28.3. The lowest BCUT2D eigenvalue weighted by atomic mass is 9.93. The Bertz CT molecular complexity index is 1230. The number of rotatable bonds is 10. The van der Waals surface area contributed by atoms with Crippen LogP contribution in [0.5, 0.6) is 0 Å². The first-order chi connectivity index (χ1) is 17.4. The van der Waals surface area contributed by atoms with Gasteiger partial charge in [-0.25, -0.2) is 33.7 Å². The van der Waals surface area contributed by atoms with Gasteiger partial charge in [0.25, 0.3) is 5.56 Å². The maximum absolute atomic E-state index is 13.1. The zero-order chi connectivity index (χ0) is 27.2. The number of alkyl halides is 3. The van der Waals surface area contributed by atoms with Gasteiger partial charge in [-0.2, -0.15) is 18.3 Å². The number of hydroxylamine groups is 1. The van der Waals surface area contributed by atoms with Crippen molar-refractivity contribution in [1.82, 2.24) is 30.4 Å². The van der Waals surface area contributed by atoms with Crippen molar-refractivity contribution in [3.8, 4) is 0 Å². The van der Waals surface area contributed by atoms with E-state index < -0.39 is 39.1 Å². The van der Waals surface area contributed by atoms with Gasteiger partial charge in [-0.15, -0.1) is 0 Å². The quantitative estimate of drug-likeness (QED) is 0.309. The fraction of sp³-hybridized carbons (Fsp3) is 0.550. The molecule has 17 heteroatoms. The minimum Gasteiger partial charge on any atom is -0.378 e. The number of nitrogens with one attached hydrogen (secondary N) is 4. The molecule has 1 aliphatic heterocycles. The molecule has 0 aromatic carbocycles. The molecule has 13 nitrogen and oxygen atoms in total. The monoisotopic (exact) mass is 548 g/mol. The highest BCUT2D eigenvalue weighted by Crippen LogP contribution is 2.31. The lowest BCUT2D eigenvalue weighted by Crippen LogP contribution is -2.37. The molecule has 1 amide bonds. The number of amides is 1. The largest absolute Gasteiger partial charge is 0.423 e. The van der Waals surface area contributed by atoms with Crippen molar-refractivity contribution in [1.29, 1.82) is 0 Å². The predicted molar refractivity (Wildman–Crippen MR) is 125 cm³/mol. The second kappa shape index (κ2) is 11.8. The molecule has 0 aliphatic carbocycles. The van der Waals surface area contributed by atoms with Crippen LogP contribution >= 0.6 is 0 Å². The number of sulfonamides is 1. The second-order valence-corrected chi connectivity index (χ2v) is 10.3. The minimum atomic E-state index is -4.87. The molecule has 0 spiro atoms. The Balaban J connectivity index is 1.41. The van der Waals surface area contributed by atoms with Gasteiger partial charge in [0.05, 0.1) is 30.9 Å². The van der Waals surface area contributed by atoms with Gasteiger partial charge >= 0.3 is 6.18 Å². The molecule has 1 aliphatic rings. The molecular formula is C20H27F3N8O5S. The van der Waals surface area contributed by atoms with Crippen molar-refractivity contribution >= 4 is 27.6 Å². The van der Waals surface area contributed by atoms with Gasteiger partial charge in [0.2, 0.25) is 21.9 Å². The summed E-state index contributed by atoms with van der Waals surface area (Å²) in [5.74, 6) is 0.0835. The van der Waals surface area contributed by atoms with Crippen LogP contribution in [0.25, 0.3) is 0 Å². The van der Waals surface area contributed by atoms with Gasteiger partial charge in [-0.05, 0) is 32.7 Å². The van der Waals surface area contributed by atoms with Crippen LogP contribution in [0.1, 0.15) is 31.7 Å². The number of nitrogens with zero attached hydrogens (tertiary/aromatic N) is 4. The zero-order valence-electron chi connectivity index (χ0n) is 20.0. The van der Waals surface area contributed by atoms with Crippen LogP contribution in [0.3, 0.4) is 0 Å². The molecule has 0 bridgehead atoms. The average molecular weight is 549 g/mol. The van der Waals surface area contributed by atoms with Crippen LogP contribution < -0.4 is 26.0 Å². The van der Waals surface area contributed by atoms with Gasteiger partial charge in [0, 0.05) is 25.6 Å². The van der Waals surface area contributed by atoms with E-state index >= 15 is 0 Å². The first-order valence-corrected chi connectivity index (χ1v) is 12.7. The number of piperidine rings is 1. The molecule has 0 saturated carbocycles. The molecule has 1 fully saturated rings. The Morgan fingerprint density at radius 3 is 2.49 bits per heavy atom.